The van der Waals surface area contributed by atoms with E-state index in [-0.39, 0.29) is 0 Å². The summed E-state index contributed by atoms with van der Waals surface area (Å²) in [5.41, 5.74) is 19.0. The molecule has 0 amide bonds. The Balaban J connectivity index is 0.000000321. The van der Waals surface area contributed by atoms with Crippen LogP contribution in [-0.4, -0.2) is 0 Å². The number of hydrogen-bond acceptors (Lipinski definition) is 2. The molecule has 0 atom stereocenters. The maximum atomic E-state index is 2.38. The second-order valence-electron chi connectivity index (χ2n) is 16.1. The predicted molar refractivity (Wildman–Crippen MR) is 272 cm³/mol. The minimum Gasteiger partial charge on any atom is -0.311 e. The molecule has 0 fully saturated rings. The summed E-state index contributed by atoms with van der Waals surface area (Å²) in [6.45, 7) is 13.2. The van der Waals surface area contributed by atoms with Gasteiger partial charge in [-0.3, -0.25) is 0 Å². The van der Waals surface area contributed by atoms with Crippen LogP contribution in [0.2, 0.25) is 0 Å². The van der Waals surface area contributed by atoms with E-state index in [2.05, 4.69) is 222 Å². The Bertz CT molecular complexity index is 2960. The Kier molecular flexibility index (Phi) is 12.9. The Morgan fingerprint density at radius 2 is 0.806 bits per heavy atom. The van der Waals surface area contributed by atoms with Crippen molar-refractivity contribution in [2.75, 3.05) is 4.90 Å². The standard InChI is InChI=1S/C46H37NS.2C7H8/c1-30-19-22-35(34-23-25-38(26-24-34)47(36-13-7-5-8-14-36)37-15-9-6-10-16-37)29-41(30)39-27-20-31(2)44(33(39)4)45-32(3)21-28-43-46(45)40-17-11-12-18-42(40)48-43;2*1-7-5-3-2-4-6-7/h5-29H,1-4H3;2*2-6H,1H3. The van der Waals surface area contributed by atoms with Gasteiger partial charge in [-0.1, -0.05) is 169 Å². The molecule has 0 unspecified atom stereocenters. The first-order valence-electron chi connectivity index (χ1n) is 21.4. The van der Waals surface area contributed by atoms with E-state index in [4.69, 9.17) is 0 Å². The van der Waals surface area contributed by atoms with Crippen molar-refractivity contribution in [2.45, 2.75) is 41.5 Å². The van der Waals surface area contributed by atoms with Crippen LogP contribution >= 0.6 is 11.3 Å². The summed E-state index contributed by atoms with van der Waals surface area (Å²) >= 11 is 1.89. The maximum absolute atomic E-state index is 2.38. The number of fused-ring (bicyclic) bond motifs is 3. The molecule has 10 aromatic rings. The largest absolute Gasteiger partial charge is 0.311 e. The SMILES string of the molecule is Cc1ccc(-c2ccc(N(c3ccccc3)c3ccccc3)cc2)cc1-c1ccc(C)c(-c2c(C)ccc3sc4ccccc4c23)c1C.Cc1ccccc1.Cc1ccccc1. The van der Waals surface area contributed by atoms with Gasteiger partial charge in [0.1, 0.15) is 0 Å². The van der Waals surface area contributed by atoms with E-state index in [1.807, 2.05) is 47.7 Å². The molecule has 0 aliphatic rings. The highest BCUT2D eigenvalue weighted by molar-refractivity contribution is 7.26. The summed E-state index contributed by atoms with van der Waals surface area (Å²) in [7, 11) is 0. The highest BCUT2D eigenvalue weighted by atomic mass is 32.1. The first-order chi connectivity index (χ1) is 30.3. The van der Waals surface area contributed by atoms with Gasteiger partial charge in [-0.25, -0.2) is 0 Å². The topological polar surface area (TPSA) is 3.24 Å². The molecule has 0 saturated heterocycles. The molecule has 0 spiro atoms. The van der Waals surface area contributed by atoms with E-state index in [0.717, 1.165) is 17.1 Å². The quantitative estimate of drug-likeness (QED) is 0.162. The van der Waals surface area contributed by atoms with Gasteiger partial charge < -0.3 is 4.90 Å². The summed E-state index contributed by atoms with van der Waals surface area (Å²) in [5.74, 6) is 0. The van der Waals surface area contributed by atoms with Crippen molar-refractivity contribution in [2.24, 2.45) is 0 Å². The summed E-state index contributed by atoms with van der Waals surface area (Å²) in [5, 5.41) is 2.73. The Labute approximate surface area is 372 Å². The van der Waals surface area contributed by atoms with E-state index < -0.39 is 0 Å². The molecule has 0 aliphatic carbocycles. The molecule has 1 nitrogen and oxygen atoms in total. The number of benzene rings is 9. The van der Waals surface area contributed by atoms with Crippen LogP contribution in [0.15, 0.2) is 212 Å². The minimum absolute atomic E-state index is 1.13. The van der Waals surface area contributed by atoms with Crippen molar-refractivity contribution in [1.29, 1.82) is 0 Å². The monoisotopic (exact) mass is 819 g/mol. The Morgan fingerprint density at radius 3 is 1.37 bits per heavy atom. The smallest absolute Gasteiger partial charge is 0.0462 e. The molecule has 304 valence electrons. The second-order valence-corrected chi connectivity index (χ2v) is 17.1. The number of nitrogens with zero attached hydrogens (tertiary/aromatic N) is 1. The minimum atomic E-state index is 1.13. The Hall–Kier alpha value is -7.00. The normalized spacial score (nSPS) is 10.7. The van der Waals surface area contributed by atoms with Gasteiger partial charge in [0.05, 0.1) is 0 Å². The molecular weight excluding hydrogens is 767 g/mol. The van der Waals surface area contributed by atoms with Crippen LogP contribution in [0.1, 0.15) is 33.4 Å². The van der Waals surface area contributed by atoms with Gasteiger partial charge in [-0.2, -0.15) is 0 Å². The fraction of sp³-hybridized carbons (Fsp3) is 0.100. The molecule has 0 aliphatic heterocycles. The van der Waals surface area contributed by atoms with Crippen molar-refractivity contribution in [1.82, 2.24) is 0 Å². The molecule has 1 aromatic heterocycles. The van der Waals surface area contributed by atoms with E-state index >= 15 is 0 Å². The highest BCUT2D eigenvalue weighted by Gasteiger charge is 2.20. The van der Waals surface area contributed by atoms with Crippen molar-refractivity contribution in [3.63, 3.8) is 0 Å². The average molecular weight is 820 g/mol. The molecule has 10 rings (SSSR count). The average Bonchev–Trinajstić information content (AvgIpc) is 3.68. The lowest BCUT2D eigenvalue weighted by Gasteiger charge is -2.25. The molecule has 0 radical (unpaired) electrons. The molecular formula is C60H53NS. The number of rotatable bonds is 6. The van der Waals surface area contributed by atoms with Crippen LogP contribution in [0.4, 0.5) is 17.1 Å². The first kappa shape index (κ1) is 41.7. The second kappa shape index (κ2) is 19.1. The molecule has 62 heavy (non-hydrogen) atoms. The van der Waals surface area contributed by atoms with E-state index in [0.29, 0.717) is 0 Å². The van der Waals surface area contributed by atoms with Crippen LogP contribution in [0.3, 0.4) is 0 Å². The van der Waals surface area contributed by atoms with Gasteiger partial charge in [0.25, 0.3) is 0 Å². The molecule has 0 N–H and O–H groups in total. The van der Waals surface area contributed by atoms with Gasteiger partial charge in [-0.05, 0) is 152 Å². The van der Waals surface area contributed by atoms with Crippen LogP contribution in [0, 0.1) is 41.5 Å². The van der Waals surface area contributed by atoms with Crippen LogP contribution in [-0.2, 0) is 0 Å². The summed E-state index contributed by atoms with van der Waals surface area (Å²) in [4.78, 5) is 2.31. The van der Waals surface area contributed by atoms with Gasteiger partial charge >= 0.3 is 0 Å². The number of thiophene rings is 1. The van der Waals surface area contributed by atoms with Crippen molar-refractivity contribution >= 4 is 48.6 Å². The van der Waals surface area contributed by atoms with Gasteiger partial charge in [0.15, 0.2) is 0 Å². The molecule has 2 heteroatoms. The van der Waals surface area contributed by atoms with E-state index in [9.17, 15) is 0 Å². The van der Waals surface area contributed by atoms with E-state index in [1.165, 1.54) is 86.9 Å². The third kappa shape index (κ3) is 9.17. The molecule has 9 aromatic carbocycles. The lowest BCUT2D eigenvalue weighted by atomic mass is 9.84. The zero-order valence-electron chi connectivity index (χ0n) is 36.6. The van der Waals surface area contributed by atoms with Gasteiger partial charge in [-0.15, -0.1) is 11.3 Å². The fourth-order valence-corrected chi connectivity index (χ4v) is 9.45. The Morgan fingerprint density at radius 1 is 0.339 bits per heavy atom. The number of hydrogen-bond donors (Lipinski definition) is 0. The number of aryl methyl sites for hydroxylation is 5. The number of anilines is 3. The van der Waals surface area contributed by atoms with Crippen LogP contribution < -0.4 is 4.90 Å². The first-order valence-corrected chi connectivity index (χ1v) is 22.2. The lowest BCUT2D eigenvalue weighted by Crippen LogP contribution is -2.09. The summed E-state index contributed by atoms with van der Waals surface area (Å²) in [6, 6.07) is 75.6. The van der Waals surface area contributed by atoms with Crippen molar-refractivity contribution < 1.29 is 0 Å². The summed E-state index contributed by atoms with van der Waals surface area (Å²) in [6.07, 6.45) is 0. The third-order valence-corrected chi connectivity index (χ3v) is 12.7. The van der Waals surface area contributed by atoms with E-state index in [1.54, 1.807) is 0 Å². The lowest BCUT2D eigenvalue weighted by molar-refractivity contribution is 1.28. The molecule has 0 bridgehead atoms. The fourth-order valence-electron chi connectivity index (χ4n) is 8.33. The molecule has 0 saturated carbocycles. The zero-order chi connectivity index (χ0) is 43.0. The maximum Gasteiger partial charge on any atom is 0.0462 e. The predicted octanol–water partition coefficient (Wildman–Crippen LogP) is 17.7. The van der Waals surface area contributed by atoms with Crippen molar-refractivity contribution in [3.8, 4) is 33.4 Å². The third-order valence-electron chi connectivity index (χ3n) is 11.6. The van der Waals surface area contributed by atoms with Crippen molar-refractivity contribution in [3.05, 3.63) is 246 Å². The van der Waals surface area contributed by atoms with Crippen LogP contribution in [0.5, 0.6) is 0 Å². The summed E-state index contributed by atoms with van der Waals surface area (Å²) < 4.78 is 2.69. The zero-order valence-corrected chi connectivity index (χ0v) is 37.4. The number of para-hydroxylation sites is 2. The van der Waals surface area contributed by atoms with Gasteiger partial charge in [0, 0.05) is 37.2 Å². The van der Waals surface area contributed by atoms with Crippen LogP contribution in [0.25, 0.3) is 53.6 Å². The molecule has 1 heterocycles. The highest BCUT2D eigenvalue weighted by Crippen LogP contribution is 2.46. The van der Waals surface area contributed by atoms with Gasteiger partial charge in [0.2, 0.25) is 0 Å².